The largest absolute Gasteiger partial charge is 0.323 e. The summed E-state index contributed by atoms with van der Waals surface area (Å²) in [6.07, 6.45) is 0. The molecule has 0 atom stereocenters. The summed E-state index contributed by atoms with van der Waals surface area (Å²) < 4.78 is 0. The van der Waals surface area contributed by atoms with Gasteiger partial charge in [0, 0.05) is 22.6 Å². The summed E-state index contributed by atoms with van der Waals surface area (Å²) in [4.78, 5) is 23.3. The van der Waals surface area contributed by atoms with Crippen LogP contribution in [0.3, 0.4) is 0 Å². The van der Waals surface area contributed by atoms with Crippen molar-refractivity contribution in [3.63, 3.8) is 0 Å². The van der Waals surface area contributed by atoms with Crippen LogP contribution in [0.15, 0.2) is 16.9 Å². The van der Waals surface area contributed by atoms with Crippen molar-refractivity contribution in [2.75, 3.05) is 0 Å². The highest BCUT2D eigenvalue weighted by Crippen LogP contribution is 2.15. The van der Waals surface area contributed by atoms with E-state index in [0.29, 0.717) is 5.69 Å². The van der Waals surface area contributed by atoms with Gasteiger partial charge in [-0.1, -0.05) is 0 Å². The van der Waals surface area contributed by atoms with E-state index in [4.69, 9.17) is 0 Å². The van der Waals surface area contributed by atoms with E-state index in [1.807, 2.05) is 39.8 Å². The zero-order valence-electron chi connectivity index (χ0n) is 10.5. The third-order valence-electron chi connectivity index (χ3n) is 2.69. The quantitative estimate of drug-likeness (QED) is 0.814. The highest BCUT2D eigenvalue weighted by molar-refractivity contribution is 5.59. The Labute approximate surface area is 99.8 Å². The lowest BCUT2D eigenvalue weighted by atomic mass is 10.1. The van der Waals surface area contributed by atoms with E-state index in [1.54, 1.807) is 0 Å². The van der Waals surface area contributed by atoms with E-state index >= 15 is 0 Å². The Bertz CT molecular complexity index is 609. The highest BCUT2D eigenvalue weighted by Gasteiger charge is 2.08. The molecule has 0 saturated carbocycles. The SMILES string of the molecule is Cc1cc(-c2nc(C)c(C)[nH]c2=O)cc(C)n1. The molecule has 0 saturated heterocycles. The van der Waals surface area contributed by atoms with Crippen molar-refractivity contribution in [3.05, 3.63) is 45.3 Å². The molecule has 0 spiro atoms. The van der Waals surface area contributed by atoms with Crippen LogP contribution in [0.5, 0.6) is 0 Å². The first kappa shape index (κ1) is 11.5. The second kappa shape index (κ2) is 4.13. The zero-order valence-corrected chi connectivity index (χ0v) is 10.5. The molecule has 2 aromatic heterocycles. The second-order valence-electron chi connectivity index (χ2n) is 4.26. The monoisotopic (exact) mass is 229 g/mol. The number of pyridine rings is 1. The predicted molar refractivity (Wildman–Crippen MR) is 67.0 cm³/mol. The number of hydrogen-bond donors (Lipinski definition) is 1. The fourth-order valence-electron chi connectivity index (χ4n) is 1.79. The summed E-state index contributed by atoms with van der Waals surface area (Å²) in [5, 5.41) is 0. The van der Waals surface area contributed by atoms with Crippen molar-refractivity contribution >= 4 is 0 Å². The molecule has 0 aromatic carbocycles. The Balaban J connectivity index is 2.68. The third kappa shape index (κ3) is 2.25. The lowest BCUT2D eigenvalue weighted by Crippen LogP contribution is -2.14. The van der Waals surface area contributed by atoms with Crippen molar-refractivity contribution < 1.29 is 0 Å². The van der Waals surface area contributed by atoms with Crippen LogP contribution in [0.2, 0.25) is 0 Å². The number of nitrogens with one attached hydrogen (secondary N) is 1. The average Bonchev–Trinajstić information content (AvgIpc) is 2.22. The fourth-order valence-corrected chi connectivity index (χ4v) is 1.79. The molecule has 17 heavy (non-hydrogen) atoms. The van der Waals surface area contributed by atoms with E-state index < -0.39 is 0 Å². The number of H-pyrrole nitrogens is 1. The van der Waals surface area contributed by atoms with Gasteiger partial charge in [-0.05, 0) is 39.8 Å². The van der Waals surface area contributed by atoms with E-state index in [0.717, 1.165) is 28.3 Å². The molecule has 4 nitrogen and oxygen atoms in total. The smallest absolute Gasteiger partial charge is 0.274 e. The summed E-state index contributed by atoms with van der Waals surface area (Å²) in [5.41, 5.74) is 4.55. The maximum absolute atomic E-state index is 11.9. The average molecular weight is 229 g/mol. The molecular weight excluding hydrogens is 214 g/mol. The molecule has 2 rings (SSSR count). The molecule has 0 fully saturated rings. The predicted octanol–water partition coefficient (Wildman–Crippen LogP) is 2.07. The van der Waals surface area contributed by atoms with Gasteiger partial charge in [0.1, 0.15) is 5.69 Å². The Hall–Kier alpha value is -1.97. The molecule has 0 bridgehead atoms. The molecular formula is C13H15N3O. The van der Waals surface area contributed by atoms with Crippen molar-refractivity contribution in [3.8, 4) is 11.3 Å². The van der Waals surface area contributed by atoms with Gasteiger partial charge in [-0.3, -0.25) is 9.78 Å². The molecule has 0 amide bonds. The van der Waals surface area contributed by atoms with Crippen molar-refractivity contribution in [1.29, 1.82) is 0 Å². The van der Waals surface area contributed by atoms with E-state index in [1.165, 1.54) is 0 Å². The maximum atomic E-state index is 11.9. The lowest BCUT2D eigenvalue weighted by Gasteiger charge is -2.05. The van der Waals surface area contributed by atoms with Gasteiger partial charge in [-0.2, -0.15) is 0 Å². The molecule has 0 aliphatic rings. The van der Waals surface area contributed by atoms with Gasteiger partial charge in [-0.15, -0.1) is 0 Å². The molecule has 1 N–H and O–H groups in total. The number of aromatic amines is 1. The van der Waals surface area contributed by atoms with Gasteiger partial charge >= 0.3 is 0 Å². The van der Waals surface area contributed by atoms with Crippen LogP contribution in [-0.2, 0) is 0 Å². The molecule has 2 heterocycles. The highest BCUT2D eigenvalue weighted by atomic mass is 16.1. The molecule has 0 aliphatic heterocycles. The topological polar surface area (TPSA) is 58.6 Å². The Morgan fingerprint density at radius 2 is 1.59 bits per heavy atom. The van der Waals surface area contributed by atoms with E-state index in [-0.39, 0.29) is 5.56 Å². The van der Waals surface area contributed by atoms with Gasteiger partial charge in [0.25, 0.3) is 5.56 Å². The Morgan fingerprint density at radius 1 is 1.00 bits per heavy atom. The normalized spacial score (nSPS) is 10.6. The first-order valence-corrected chi connectivity index (χ1v) is 5.50. The molecule has 88 valence electrons. The third-order valence-corrected chi connectivity index (χ3v) is 2.69. The maximum Gasteiger partial charge on any atom is 0.274 e. The summed E-state index contributed by atoms with van der Waals surface area (Å²) in [6, 6.07) is 3.75. The fraction of sp³-hybridized carbons (Fsp3) is 0.308. The summed E-state index contributed by atoms with van der Waals surface area (Å²) in [7, 11) is 0. The standard InChI is InChI=1S/C13H15N3O/c1-7-5-11(6-8(2)14-7)12-13(17)16-10(4)9(3)15-12/h5-6H,1-4H3,(H,16,17). The number of rotatable bonds is 1. The molecule has 4 heteroatoms. The van der Waals surface area contributed by atoms with Crippen molar-refractivity contribution in [1.82, 2.24) is 15.0 Å². The van der Waals surface area contributed by atoms with Gasteiger partial charge < -0.3 is 4.98 Å². The van der Waals surface area contributed by atoms with Gasteiger partial charge in [0.05, 0.1) is 5.69 Å². The minimum absolute atomic E-state index is 0.155. The summed E-state index contributed by atoms with van der Waals surface area (Å²) in [6.45, 7) is 7.55. The molecule has 0 unspecified atom stereocenters. The number of hydrogen-bond acceptors (Lipinski definition) is 3. The zero-order chi connectivity index (χ0) is 12.6. The first-order valence-electron chi connectivity index (χ1n) is 5.50. The number of aryl methyl sites for hydroxylation is 4. The van der Waals surface area contributed by atoms with Gasteiger partial charge in [0.15, 0.2) is 0 Å². The minimum atomic E-state index is -0.155. The lowest BCUT2D eigenvalue weighted by molar-refractivity contribution is 1.01. The van der Waals surface area contributed by atoms with Crippen LogP contribution >= 0.6 is 0 Å². The molecule has 0 aliphatic carbocycles. The van der Waals surface area contributed by atoms with Crippen LogP contribution in [0, 0.1) is 27.7 Å². The minimum Gasteiger partial charge on any atom is -0.323 e. The molecule has 0 radical (unpaired) electrons. The van der Waals surface area contributed by atoms with Gasteiger partial charge in [-0.25, -0.2) is 4.98 Å². The van der Waals surface area contributed by atoms with Gasteiger partial charge in [0.2, 0.25) is 0 Å². The number of aromatic nitrogens is 3. The van der Waals surface area contributed by atoms with Crippen LogP contribution in [0.25, 0.3) is 11.3 Å². The van der Waals surface area contributed by atoms with Crippen LogP contribution in [0.4, 0.5) is 0 Å². The van der Waals surface area contributed by atoms with Crippen LogP contribution in [0.1, 0.15) is 22.8 Å². The first-order chi connectivity index (χ1) is 7.97. The van der Waals surface area contributed by atoms with Crippen LogP contribution in [-0.4, -0.2) is 15.0 Å². The number of nitrogens with zero attached hydrogens (tertiary/aromatic N) is 2. The Morgan fingerprint density at radius 3 is 2.18 bits per heavy atom. The van der Waals surface area contributed by atoms with Crippen molar-refractivity contribution in [2.45, 2.75) is 27.7 Å². The van der Waals surface area contributed by atoms with Crippen LogP contribution < -0.4 is 5.56 Å². The summed E-state index contributed by atoms with van der Waals surface area (Å²) in [5.74, 6) is 0. The molecule has 2 aromatic rings. The van der Waals surface area contributed by atoms with E-state index in [2.05, 4.69) is 15.0 Å². The summed E-state index contributed by atoms with van der Waals surface area (Å²) >= 11 is 0. The van der Waals surface area contributed by atoms with Crippen molar-refractivity contribution in [2.24, 2.45) is 0 Å². The van der Waals surface area contributed by atoms with E-state index in [9.17, 15) is 4.79 Å². The Kier molecular flexibility index (Phi) is 2.79. The second-order valence-corrected chi connectivity index (χ2v) is 4.26.